The molecule has 1 heterocycles. The summed E-state index contributed by atoms with van der Waals surface area (Å²) < 4.78 is 10.6. The van der Waals surface area contributed by atoms with Crippen molar-refractivity contribution in [2.45, 2.75) is 34.1 Å². The highest BCUT2D eigenvalue weighted by Gasteiger charge is 2.25. The Hall–Kier alpha value is -2.01. The molecule has 6 heteroatoms. The zero-order valence-electron chi connectivity index (χ0n) is 14.4. The number of halogens is 1. The van der Waals surface area contributed by atoms with Crippen molar-refractivity contribution >= 4 is 34.4 Å². The van der Waals surface area contributed by atoms with Crippen molar-refractivity contribution in [2.24, 2.45) is 5.41 Å². The summed E-state index contributed by atoms with van der Waals surface area (Å²) in [7, 11) is 0. The zero-order chi connectivity index (χ0) is 17.9. The van der Waals surface area contributed by atoms with Gasteiger partial charge < -0.3 is 14.5 Å². The van der Waals surface area contributed by atoms with Gasteiger partial charge in [0.1, 0.15) is 11.3 Å². The lowest BCUT2D eigenvalue weighted by Crippen LogP contribution is -2.35. The van der Waals surface area contributed by atoms with Gasteiger partial charge in [-0.1, -0.05) is 25.4 Å². The minimum atomic E-state index is -0.418. The second kappa shape index (κ2) is 7.26. The van der Waals surface area contributed by atoms with Gasteiger partial charge >= 0.3 is 5.97 Å². The molecule has 0 aliphatic rings. The Bertz CT molecular complexity index is 764. The van der Waals surface area contributed by atoms with Crippen LogP contribution in [0.4, 0.5) is 0 Å². The number of benzene rings is 1. The van der Waals surface area contributed by atoms with E-state index in [0.717, 1.165) is 5.39 Å². The van der Waals surface area contributed by atoms with E-state index >= 15 is 0 Å². The Kier molecular flexibility index (Phi) is 5.54. The molecule has 0 aliphatic heterocycles. The highest BCUT2D eigenvalue weighted by molar-refractivity contribution is 6.32. The topological polar surface area (TPSA) is 68.5 Å². The summed E-state index contributed by atoms with van der Waals surface area (Å²) in [6.07, 6.45) is 0.228. The van der Waals surface area contributed by atoms with Gasteiger partial charge in [-0.2, -0.15) is 0 Å². The van der Waals surface area contributed by atoms with Gasteiger partial charge in [0.05, 0.1) is 18.6 Å². The Labute approximate surface area is 146 Å². The average Bonchev–Trinajstić information content (AvgIpc) is 2.83. The van der Waals surface area contributed by atoms with Crippen molar-refractivity contribution in [1.29, 1.82) is 0 Å². The third-order valence-electron chi connectivity index (χ3n) is 3.60. The number of carbonyl (C=O) groups is 2. The highest BCUT2D eigenvalue weighted by Crippen LogP contribution is 2.27. The third kappa shape index (κ3) is 4.51. The first-order valence-corrected chi connectivity index (χ1v) is 8.23. The van der Waals surface area contributed by atoms with Crippen LogP contribution in [0.15, 0.2) is 22.6 Å². The molecule has 1 N–H and O–H groups in total. The molecule has 0 atom stereocenters. The summed E-state index contributed by atoms with van der Waals surface area (Å²) >= 11 is 6.09. The molecule has 130 valence electrons. The molecule has 0 radical (unpaired) electrons. The molecule has 1 aromatic carbocycles. The third-order valence-corrected chi connectivity index (χ3v) is 3.82. The van der Waals surface area contributed by atoms with E-state index in [1.807, 2.05) is 26.8 Å². The minimum Gasteiger partial charge on any atom is -0.466 e. The van der Waals surface area contributed by atoms with Crippen LogP contribution in [0.3, 0.4) is 0 Å². The maximum Gasteiger partial charge on any atom is 0.306 e. The number of nitrogens with one attached hydrogen (secondary N) is 1. The largest absolute Gasteiger partial charge is 0.466 e. The summed E-state index contributed by atoms with van der Waals surface area (Å²) in [5, 5.41) is 4.11. The maximum atomic E-state index is 12.5. The van der Waals surface area contributed by atoms with Crippen molar-refractivity contribution in [3.63, 3.8) is 0 Å². The molecule has 2 aromatic rings. The molecule has 5 nitrogen and oxygen atoms in total. The standard InChI is InChI=1S/C18H22ClNO4/c1-5-23-15(21)9-18(3,4)10-20-17(22)14-8-13(19)7-12-6-11(2)24-16(12)14/h6-8H,5,9-10H2,1-4H3,(H,20,22). The lowest BCUT2D eigenvalue weighted by molar-refractivity contribution is -0.145. The van der Waals surface area contributed by atoms with Crippen molar-refractivity contribution in [3.05, 3.63) is 34.5 Å². The lowest BCUT2D eigenvalue weighted by atomic mass is 9.89. The summed E-state index contributed by atoms with van der Waals surface area (Å²) in [6.45, 7) is 8.06. The van der Waals surface area contributed by atoms with E-state index in [0.29, 0.717) is 35.1 Å². The van der Waals surface area contributed by atoms with Gasteiger partial charge in [-0.25, -0.2) is 0 Å². The lowest BCUT2D eigenvalue weighted by Gasteiger charge is -2.23. The number of aryl methyl sites for hydroxylation is 1. The molecule has 2 rings (SSSR count). The fourth-order valence-corrected chi connectivity index (χ4v) is 2.72. The quantitative estimate of drug-likeness (QED) is 0.795. The average molecular weight is 352 g/mol. The smallest absolute Gasteiger partial charge is 0.306 e. The predicted octanol–water partition coefficient (Wildman–Crippen LogP) is 4.10. The second-order valence-electron chi connectivity index (χ2n) is 6.56. The van der Waals surface area contributed by atoms with Gasteiger partial charge in [-0.3, -0.25) is 9.59 Å². The van der Waals surface area contributed by atoms with Crippen LogP contribution >= 0.6 is 11.6 Å². The molecule has 1 aromatic heterocycles. The molecule has 0 unspecified atom stereocenters. The SMILES string of the molecule is CCOC(=O)CC(C)(C)CNC(=O)c1cc(Cl)cc2cc(C)oc12. The van der Waals surface area contributed by atoms with Gasteiger partial charge in [-0.05, 0) is 37.5 Å². The van der Waals surface area contributed by atoms with E-state index in [9.17, 15) is 9.59 Å². The first-order valence-electron chi connectivity index (χ1n) is 7.85. The number of esters is 1. The Morgan fingerprint density at radius 3 is 2.67 bits per heavy atom. The monoisotopic (exact) mass is 351 g/mol. The maximum absolute atomic E-state index is 12.5. The van der Waals surface area contributed by atoms with Gasteiger partial charge in [-0.15, -0.1) is 0 Å². The van der Waals surface area contributed by atoms with Crippen molar-refractivity contribution in [1.82, 2.24) is 5.32 Å². The molecular weight excluding hydrogens is 330 g/mol. The van der Waals surface area contributed by atoms with Gasteiger partial charge in [0.25, 0.3) is 5.91 Å². The van der Waals surface area contributed by atoms with Gasteiger partial charge in [0.15, 0.2) is 0 Å². The highest BCUT2D eigenvalue weighted by atomic mass is 35.5. The first-order chi connectivity index (χ1) is 11.2. The van der Waals surface area contributed by atoms with E-state index < -0.39 is 5.41 Å². The Balaban J connectivity index is 2.11. The van der Waals surface area contributed by atoms with Gasteiger partial charge in [0.2, 0.25) is 0 Å². The molecule has 0 fully saturated rings. The van der Waals surface area contributed by atoms with Crippen LogP contribution in [0.25, 0.3) is 11.0 Å². The number of ether oxygens (including phenoxy) is 1. The molecule has 0 saturated carbocycles. The first kappa shape index (κ1) is 18.3. The number of rotatable bonds is 6. The fourth-order valence-electron chi connectivity index (χ4n) is 2.49. The van der Waals surface area contributed by atoms with E-state index in [1.165, 1.54) is 0 Å². The van der Waals surface area contributed by atoms with E-state index in [1.54, 1.807) is 19.1 Å². The molecular formula is C18H22ClNO4. The number of hydrogen-bond acceptors (Lipinski definition) is 4. The number of hydrogen-bond donors (Lipinski definition) is 1. The van der Waals surface area contributed by atoms with Crippen LogP contribution in [-0.2, 0) is 9.53 Å². The van der Waals surface area contributed by atoms with Crippen molar-refractivity contribution in [3.8, 4) is 0 Å². The van der Waals surface area contributed by atoms with E-state index in [4.69, 9.17) is 20.8 Å². The number of amides is 1. The minimum absolute atomic E-state index is 0.228. The number of furan rings is 1. The summed E-state index contributed by atoms with van der Waals surface area (Å²) in [4.78, 5) is 24.2. The van der Waals surface area contributed by atoms with E-state index in [2.05, 4.69) is 5.32 Å². The molecule has 0 bridgehead atoms. The van der Waals surface area contributed by atoms with Crippen molar-refractivity contribution < 1.29 is 18.7 Å². The number of fused-ring (bicyclic) bond motifs is 1. The summed E-state index contributed by atoms with van der Waals surface area (Å²) in [5.41, 5.74) is 0.480. The Morgan fingerprint density at radius 1 is 1.29 bits per heavy atom. The van der Waals surface area contributed by atoms with Crippen LogP contribution in [0.2, 0.25) is 5.02 Å². The summed E-state index contributed by atoms with van der Waals surface area (Å²) in [6, 6.07) is 5.18. The predicted molar refractivity (Wildman–Crippen MR) is 93.3 cm³/mol. The zero-order valence-corrected chi connectivity index (χ0v) is 15.1. The molecule has 24 heavy (non-hydrogen) atoms. The van der Waals surface area contributed by atoms with Gasteiger partial charge in [0, 0.05) is 17.0 Å². The number of carbonyl (C=O) groups excluding carboxylic acids is 2. The fraction of sp³-hybridized carbons (Fsp3) is 0.444. The molecule has 0 saturated heterocycles. The molecule has 0 spiro atoms. The van der Waals surface area contributed by atoms with Crippen LogP contribution in [0.5, 0.6) is 0 Å². The van der Waals surface area contributed by atoms with Crippen LogP contribution in [-0.4, -0.2) is 25.0 Å². The van der Waals surface area contributed by atoms with Crippen LogP contribution < -0.4 is 5.32 Å². The van der Waals surface area contributed by atoms with Crippen LogP contribution in [0.1, 0.15) is 43.3 Å². The normalized spacial score (nSPS) is 11.5. The van der Waals surface area contributed by atoms with E-state index in [-0.39, 0.29) is 18.3 Å². The Morgan fingerprint density at radius 2 is 2.00 bits per heavy atom. The second-order valence-corrected chi connectivity index (χ2v) is 6.99. The summed E-state index contributed by atoms with van der Waals surface area (Å²) in [5.74, 6) is 0.154. The molecule has 1 amide bonds. The van der Waals surface area contributed by atoms with Crippen LogP contribution in [0, 0.1) is 12.3 Å². The van der Waals surface area contributed by atoms with Crippen molar-refractivity contribution in [2.75, 3.05) is 13.2 Å². The molecule has 0 aliphatic carbocycles.